The summed E-state index contributed by atoms with van der Waals surface area (Å²) in [5.41, 5.74) is 0.554. The molecule has 1 aromatic heterocycles. The zero-order chi connectivity index (χ0) is 37.4. The highest BCUT2D eigenvalue weighted by molar-refractivity contribution is 7.89. The number of likely N-dealkylation sites (tertiary alicyclic amines) is 2. The fourth-order valence-electron chi connectivity index (χ4n) is 6.80. The maximum Gasteiger partial charge on any atom is 0.328 e. The third-order valence-corrected chi connectivity index (χ3v) is 10.7. The van der Waals surface area contributed by atoms with Crippen LogP contribution in [0.1, 0.15) is 53.3 Å². The van der Waals surface area contributed by atoms with Crippen molar-refractivity contribution in [2.24, 2.45) is 11.1 Å². The molecule has 2 fully saturated rings. The molecule has 0 spiro atoms. The molecule has 3 aromatic carbocycles. The van der Waals surface area contributed by atoms with Gasteiger partial charge in [-0.05, 0) is 106 Å². The molecule has 0 saturated carbocycles. The van der Waals surface area contributed by atoms with Gasteiger partial charge in [-0.3, -0.25) is 23.9 Å². The number of nitrogens with one attached hydrogen (secondary N) is 2. The average molecular weight is 737 g/mol. The van der Waals surface area contributed by atoms with E-state index in [0.29, 0.717) is 60.7 Å². The lowest BCUT2D eigenvalue weighted by Gasteiger charge is -2.31. The number of fused-ring (bicyclic) bond motifs is 1. The molecule has 15 heteroatoms. The first kappa shape index (κ1) is 38.5. The van der Waals surface area contributed by atoms with E-state index in [0.717, 1.165) is 39.0 Å². The predicted molar refractivity (Wildman–Crippen MR) is 196 cm³/mol. The normalized spacial score (nSPS) is 17.0. The quantitative estimate of drug-likeness (QED) is 0.196. The number of primary sulfonamides is 1. The Hall–Kier alpha value is -4.70. The summed E-state index contributed by atoms with van der Waals surface area (Å²) in [6.07, 6.45) is 3.58. The number of halogens is 1. The van der Waals surface area contributed by atoms with Crippen LogP contribution < -0.4 is 26.4 Å². The summed E-state index contributed by atoms with van der Waals surface area (Å²) in [6.45, 7) is 6.92. The minimum absolute atomic E-state index is 0.0480. The van der Waals surface area contributed by atoms with Gasteiger partial charge < -0.3 is 19.9 Å². The molecule has 52 heavy (non-hydrogen) atoms. The average Bonchev–Trinajstić information content (AvgIpc) is 3.61. The van der Waals surface area contributed by atoms with Crippen LogP contribution in [0, 0.1) is 11.7 Å². The van der Waals surface area contributed by atoms with Crippen LogP contribution in [-0.4, -0.2) is 91.9 Å². The number of sulfonamides is 1. The van der Waals surface area contributed by atoms with Gasteiger partial charge in [-0.15, -0.1) is 0 Å². The molecule has 0 radical (unpaired) electrons. The number of ether oxygens (including phenoxy) is 1. The van der Waals surface area contributed by atoms with Gasteiger partial charge in [0.25, 0.3) is 11.5 Å². The van der Waals surface area contributed by atoms with E-state index < -0.39 is 15.7 Å². The van der Waals surface area contributed by atoms with Gasteiger partial charge in [0.2, 0.25) is 10.0 Å². The Kier molecular flexibility index (Phi) is 12.8. The van der Waals surface area contributed by atoms with Crippen LogP contribution in [0.15, 0.2) is 81.2 Å². The van der Waals surface area contributed by atoms with Gasteiger partial charge in [0.15, 0.2) is 5.78 Å². The molecule has 6 rings (SSSR count). The van der Waals surface area contributed by atoms with Gasteiger partial charge >= 0.3 is 5.69 Å². The Bertz CT molecular complexity index is 2110. The monoisotopic (exact) mass is 736 g/mol. The molecule has 3 heterocycles. The van der Waals surface area contributed by atoms with Crippen LogP contribution in [0.25, 0.3) is 10.9 Å². The number of hydrogen-bond acceptors (Lipinski definition) is 9. The van der Waals surface area contributed by atoms with Crippen molar-refractivity contribution >= 4 is 32.6 Å². The summed E-state index contributed by atoms with van der Waals surface area (Å²) in [5.74, 6) is -0.436. The van der Waals surface area contributed by atoms with Gasteiger partial charge in [-0.2, -0.15) is 0 Å². The van der Waals surface area contributed by atoms with Crippen LogP contribution >= 0.6 is 0 Å². The molecule has 4 N–H and O–H groups in total. The lowest BCUT2D eigenvalue weighted by Crippen LogP contribution is -2.42. The number of ketones is 1. The molecule has 2 aliphatic heterocycles. The maximum atomic E-state index is 13.0. The largest absolute Gasteiger partial charge is 0.496 e. The first-order chi connectivity index (χ1) is 24.9. The van der Waals surface area contributed by atoms with Crippen molar-refractivity contribution in [2.45, 2.75) is 50.1 Å². The van der Waals surface area contributed by atoms with Crippen LogP contribution in [0.4, 0.5) is 4.39 Å². The van der Waals surface area contributed by atoms with Gasteiger partial charge in [-0.1, -0.05) is 19.1 Å². The minimum atomic E-state index is -3.87. The summed E-state index contributed by atoms with van der Waals surface area (Å²) in [5, 5.41) is 8.48. The smallest absolute Gasteiger partial charge is 0.328 e. The lowest BCUT2D eigenvalue weighted by atomic mass is 9.89. The number of nitrogens with two attached hydrogens (primary N) is 1. The molecule has 13 nitrogen and oxygen atoms in total. The molecule has 1 unspecified atom stereocenters. The molecule has 2 aliphatic rings. The number of benzene rings is 3. The van der Waals surface area contributed by atoms with Gasteiger partial charge in [0, 0.05) is 37.2 Å². The van der Waals surface area contributed by atoms with Crippen molar-refractivity contribution in [1.29, 1.82) is 0 Å². The van der Waals surface area contributed by atoms with E-state index in [9.17, 15) is 32.0 Å². The zero-order valence-corrected chi connectivity index (χ0v) is 30.2. The Morgan fingerprint density at radius 1 is 0.981 bits per heavy atom. The number of likely N-dealkylation sites (N-methyl/N-ethyl adjacent to an activating group) is 1. The molecule has 2 saturated heterocycles. The second-order valence-electron chi connectivity index (χ2n) is 13.0. The number of carbonyl (C=O) groups excluding carboxylic acids is 2. The summed E-state index contributed by atoms with van der Waals surface area (Å²) in [7, 11) is -2.44. The van der Waals surface area contributed by atoms with Crippen molar-refractivity contribution in [3.8, 4) is 5.75 Å². The molecule has 1 atom stereocenters. The van der Waals surface area contributed by atoms with Crippen molar-refractivity contribution < 1.29 is 27.1 Å². The van der Waals surface area contributed by atoms with Crippen LogP contribution in [0.2, 0.25) is 0 Å². The number of hydrogen-bond donors (Lipinski definition) is 3. The summed E-state index contributed by atoms with van der Waals surface area (Å²) < 4.78 is 42.3. The first-order valence-electron chi connectivity index (χ1n) is 17.4. The maximum absolute atomic E-state index is 13.0. The summed E-state index contributed by atoms with van der Waals surface area (Å²) >= 11 is 0. The fourth-order valence-corrected chi connectivity index (χ4v) is 7.34. The SMILES string of the molecule is CCN1CCCC1CNC(=O)c1cc(S(N)(=O)=O)ccc1OC.O=C(c1ccc(F)cc1)C1CCN(CCn2c(=O)[nH]c3ccccc3c2=O)CC1. The third kappa shape index (κ3) is 9.39. The van der Waals surface area contributed by atoms with Crippen LogP contribution in [-0.2, 0) is 16.6 Å². The highest BCUT2D eigenvalue weighted by Crippen LogP contribution is 2.24. The number of carbonyl (C=O) groups is 2. The van der Waals surface area contributed by atoms with Gasteiger partial charge in [0.1, 0.15) is 11.6 Å². The second-order valence-corrected chi connectivity index (χ2v) is 14.5. The minimum Gasteiger partial charge on any atom is -0.496 e. The Morgan fingerprint density at radius 3 is 2.37 bits per heavy atom. The van der Waals surface area contributed by atoms with Crippen molar-refractivity contribution in [3.63, 3.8) is 0 Å². The number of H-pyrrole nitrogens is 1. The summed E-state index contributed by atoms with van der Waals surface area (Å²) in [4.78, 5) is 57.0. The second kappa shape index (κ2) is 17.2. The molecule has 0 aliphatic carbocycles. The highest BCUT2D eigenvalue weighted by Gasteiger charge is 2.27. The highest BCUT2D eigenvalue weighted by atomic mass is 32.2. The van der Waals surface area contributed by atoms with E-state index in [2.05, 4.69) is 27.0 Å². The van der Waals surface area contributed by atoms with E-state index in [-0.39, 0.29) is 39.4 Å². The number of Topliss-reactive ketones (excluding diaryl/α,β-unsaturated/α-hetero) is 1. The van der Waals surface area contributed by atoms with Crippen molar-refractivity contribution in [1.82, 2.24) is 24.7 Å². The fraction of sp³-hybridized carbons (Fsp3) is 0.405. The molecule has 278 valence electrons. The van der Waals surface area contributed by atoms with Crippen LogP contribution in [0.5, 0.6) is 5.75 Å². The van der Waals surface area contributed by atoms with E-state index in [1.54, 1.807) is 24.3 Å². The number of nitrogens with zero attached hydrogens (tertiary/aromatic N) is 3. The topological polar surface area (TPSA) is 177 Å². The van der Waals surface area contributed by atoms with Gasteiger partial charge in [-0.25, -0.2) is 22.7 Å². The van der Waals surface area contributed by atoms with Crippen LogP contribution in [0.3, 0.4) is 0 Å². The number of para-hydroxylation sites is 1. The van der Waals surface area contributed by atoms with E-state index in [1.165, 1.54) is 54.1 Å². The Labute approximate surface area is 301 Å². The van der Waals surface area contributed by atoms with Gasteiger partial charge in [0.05, 0.1) is 28.5 Å². The lowest BCUT2D eigenvalue weighted by molar-refractivity contribution is 0.0836. The van der Waals surface area contributed by atoms with Crippen molar-refractivity contribution in [2.75, 3.05) is 46.4 Å². The molecule has 4 aromatic rings. The van der Waals surface area contributed by atoms with E-state index in [1.807, 2.05) is 0 Å². The standard InChI is InChI=1S/C22H22FN3O3.C15H23N3O4S/c23-17-7-5-15(6-8-17)20(27)16-9-11-25(12-10-16)13-14-26-21(28)18-3-1-2-4-19(18)24-22(26)29;1-3-18-8-4-5-11(18)10-17-15(19)13-9-12(23(16,20)21)6-7-14(13)22-2/h1-8,16H,9-14H2,(H,24,29);6-7,9,11H,3-5,8,10H2,1-2H3,(H,17,19)(H2,16,20,21). The number of piperidine rings is 1. The number of aromatic amines is 1. The number of aromatic nitrogens is 2. The Balaban J connectivity index is 0.000000207. The number of methoxy groups -OCH3 is 1. The van der Waals surface area contributed by atoms with E-state index in [4.69, 9.17) is 9.88 Å². The van der Waals surface area contributed by atoms with Crippen molar-refractivity contribution in [3.05, 3.63) is 105 Å². The Morgan fingerprint density at radius 2 is 1.69 bits per heavy atom. The zero-order valence-electron chi connectivity index (χ0n) is 29.3. The molecule has 0 bridgehead atoms. The summed E-state index contributed by atoms with van der Waals surface area (Å²) in [6, 6.07) is 17.0. The third-order valence-electron chi connectivity index (χ3n) is 9.76. The molecule has 1 amide bonds. The molecular formula is C37H45FN6O7S. The van der Waals surface area contributed by atoms with E-state index >= 15 is 0 Å². The number of amides is 1. The number of rotatable bonds is 11. The first-order valence-corrected chi connectivity index (χ1v) is 18.9. The molecular weight excluding hydrogens is 692 g/mol. The predicted octanol–water partition coefficient (Wildman–Crippen LogP) is 2.98.